The van der Waals surface area contributed by atoms with Crippen LogP contribution in [0.4, 0.5) is 21.9 Å². The molecule has 1 aromatic heterocycles. The number of nitrogens with zero attached hydrogens (tertiary/aromatic N) is 3. The number of carbonyl (C=O) groups excluding carboxylic acids is 3. The number of amides is 2. The van der Waals surface area contributed by atoms with Crippen molar-refractivity contribution in [3.63, 3.8) is 0 Å². The van der Waals surface area contributed by atoms with Crippen molar-refractivity contribution >= 4 is 52.3 Å². The van der Waals surface area contributed by atoms with Gasteiger partial charge in [0.25, 0.3) is 5.91 Å². The zero-order valence-electron chi connectivity index (χ0n) is 26.3. The number of nitrogens with one attached hydrogen (secondary N) is 3. The molecular weight excluding hydrogens is 604 g/mol. The molecule has 2 aliphatic rings. The van der Waals surface area contributed by atoms with Crippen LogP contribution in [0.2, 0.25) is 5.15 Å². The predicted molar refractivity (Wildman–Crippen MR) is 170 cm³/mol. The number of fused-ring (bicyclic) bond motifs is 1. The number of anilines is 3. The van der Waals surface area contributed by atoms with Gasteiger partial charge in [-0.1, -0.05) is 11.6 Å². The SMILES string of the molecule is CCOC(=O)C1CCCN(CCNC(=O)C(=N)c2cnc(Cl)cc2Nc2cc3c(cc2OC)N(C(=O)OC(C)(C)C)CCO3)C1. The van der Waals surface area contributed by atoms with Crippen LogP contribution in [0.3, 0.4) is 0 Å². The maximum Gasteiger partial charge on any atom is 0.415 e. The summed E-state index contributed by atoms with van der Waals surface area (Å²) in [6, 6.07) is 4.84. The fraction of sp³-hybridized carbons (Fsp3) is 0.516. The largest absolute Gasteiger partial charge is 0.494 e. The Morgan fingerprint density at radius 1 is 1.18 bits per heavy atom. The van der Waals surface area contributed by atoms with Gasteiger partial charge in [0.1, 0.15) is 34.6 Å². The van der Waals surface area contributed by atoms with Crippen LogP contribution in [0.25, 0.3) is 0 Å². The molecule has 0 radical (unpaired) electrons. The van der Waals surface area contributed by atoms with Gasteiger partial charge in [-0.3, -0.25) is 19.9 Å². The summed E-state index contributed by atoms with van der Waals surface area (Å²) in [5, 5.41) is 14.8. The molecule has 1 unspecified atom stereocenters. The molecule has 1 atom stereocenters. The Balaban J connectivity index is 1.46. The highest BCUT2D eigenvalue weighted by Crippen LogP contribution is 2.42. The minimum atomic E-state index is -0.671. The maximum absolute atomic E-state index is 13.0. The van der Waals surface area contributed by atoms with Gasteiger partial charge in [-0.05, 0) is 53.1 Å². The maximum atomic E-state index is 13.0. The Kier molecular flexibility index (Phi) is 11.1. The fourth-order valence-electron chi connectivity index (χ4n) is 5.14. The van der Waals surface area contributed by atoms with E-state index >= 15 is 0 Å². The van der Waals surface area contributed by atoms with Gasteiger partial charge in [0, 0.05) is 43.5 Å². The molecule has 1 fully saturated rings. The van der Waals surface area contributed by atoms with Gasteiger partial charge >= 0.3 is 12.1 Å². The van der Waals surface area contributed by atoms with Gasteiger partial charge in [-0.15, -0.1) is 0 Å². The van der Waals surface area contributed by atoms with E-state index in [0.29, 0.717) is 61.3 Å². The summed E-state index contributed by atoms with van der Waals surface area (Å²) in [6.45, 7) is 10.3. The van der Waals surface area contributed by atoms with Crippen molar-refractivity contribution < 1.29 is 33.3 Å². The summed E-state index contributed by atoms with van der Waals surface area (Å²) in [4.78, 5) is 45.8. The lowest BCUT2D eigenvalue weighted by Gasteiger charge is -2.32. The van der Waals surface area contributed by atoms with E-state index in [1.54, 1.807) is 39.8 Å². The first-order chi connectivity index (χ1) is 21.4. The molecule has 4 rings (SSSR count). The van der Waals surface area contributed by atoms with Crippen molar-refractivity contribution in [3.8, 4) is 11.5 Å². The lowest BCUT2D eigenvalue weighted by atomic mass is 9.98. The van der Waals surface area contributed by atoms with E-state index in [4.69, 9.17) is 36.0 Å². The number of hydrogen-bond acceptors (Lipinski definition) is 11. The van der Waals surface area contributed by atoms with Crippen LogP contribution >= 0.6 is 11.6 Å². The summed E-state index contributed by atoms with van der Waals surface area (Å²) in [6.07, 6.45) is 2.51. The second-order valence-corrected chi connectivity index (χ2v) is 12.1. The molecule has 3 heterocycles. The summed E-state index contributed by atoms with van der Waals surface area (Å²) >= 11 is 6.21. The van der Waals surface area contributed by atoms with E-state index in [1.165, 1.54) is 24.3 Å². The Morgan fingerprint density at radius 3 is 2.67 bits per heavy atom. The van der Waals surface area contributed by atoms with Crippen LogP contribution in [0, 0.1) is 11.3 Å². The number of esters is 1. The molecule has 2 amide bonds. The Bertz CT molecular complexity index is 1430. The van der Waals surface area contributed by atoms with E-state index in [1.807, 2.05) is 0 Å². The monoisotopic (exact) mass is 644 g/mol. The Morgan fingerprint density at radius 2 is 1.96 bits per heavy atom. The second kappa shape index (κ2) is 14.8. The molecule has 0 bridgehead atoms. The van der Waals surface area contributed by atoms with Crippen molar-refractivity contribution in [1.29, 1.82) is 5.41 Å². The van der Waals surface area contributed by atoms with Crippen molar-refractivity contribution in [1.82, 2.24) is 15.2 Å². The van der Waals surface area contributed by atoms with Gasteiger partial charge < -0.3 is 34.5 Å². The molecule has 0 spiro atoms. The predicted octanol–water partition coefficient (Wildman–Crippen LogP) is 4.38. The van der Waals surface area contributed by atoms with E-state index in [2.05, 4.69) is 20.5 Å². The smallest absolute Gasteiger partial charge is 0.415 e. The van der Waals surface area contributed by atoms with Crippen LogP contribution in [0.1, 0.15) is 46.1 Å². The van der Waals surface area contributed by atoms with Crippen molar-refractivity contribution in [2.75, 3.05) is 63.3 Å². The van der Waals surface area contributed by atoms with Gasteiger partial charge in [0.15, 0.2) is 0 Å². The number of pyridine rings is 1. The quantitative estimate of drug-likeness (QED) is 0.193. The fourth-order valence-corrected chi connectivity index (χ4v) is 5.30. The van der Waals surface area contributed by atoms with E-state index in [0.717, 1.165) is 19.4 Å². The Labute approximate surface area is 268 Å². The average molecular weight is 645 g/mol. The highest BCUT2D eigenvalue weighted by molar-refractivity contribution is 6.45. The van der Waals surface area contributed by atoms with Crippen LogP contribution in [-0.2, 0) is 19.1 Å². The van der Waals surface area contributed by atoms with E-state index < -0.39 is 17.6 Å². The minimum Gasteiger partial charge on any atom is -0.494 e. The van der Waals surface area contributed by atoms with Gasteiger partial charge in [-0.2, -0.15) is 0 Å². The Hall–Kier alpha value is -4.10. The third kappa shape index (κ3) is 8.76. The number of piperidine rings is 1. The van der Waals surface area contributed by atoms with E-state index in [-0.39, 0.29) is 34.9 Å². The van der Waals surface area contributed by atoms with Gasteiger partial charge in [-0.25, -0.2) is 9.78 Å². The average Bonchev–Trinajstić information content (AvgIpc) is 2.99. The number of aromatic nitrogens is 1. The molecule has 244 valence electrons. The standard InChI is InChI=1S/C31H41ClN6O7/c1-6-43-29(40)19-8-7-10-37(18-19)11-9-34-28(39)27(33)20-17-35-26(32)15-21(20)36-22-14-25-23(16-24(22)42-5)38(12-13-44-25)30(41)45-31(2,3)4/h14-17,19,33H,6-13,18H2,1-5H3,(H,34,39)(H,35,36). The number of carbonyl (C=O) groups is 3. The molecule has 0 saturated carbocycles. The van der Waals surface area contributed by atoms with Crippen LogP contribution < -0.4 is 25.0 Å². The van der Waals surface area contributed by atoms with Crippen molar-refractivity contribution in [2.24, 2.45) is 5.92 Å². The van der Waals surface area contributed by atoms with Crippen molar-refractivity contribution in [3.05, 3.63) is 35.1 Å². The summed E-state index contributed by atoms with van der Waals surface area (Å²) in [7, 11) is 1.49. The number of ether oxygens (including phenoxy) is 4. The number of halogens is 1. The molecule has 3 N–H and O–H groups in total. The summed E-state index contributed by atoms with van der Waals surface area (Å²) in [5.41, 5.74) is 0.528. The first-order valence-corrected chi connectivity index (χ1v) is 15.3. The molecule has 0 aliphatic carbocycles. The van der Waals surface area contributed by atoms with Gasteiger partial charge in [0.2, 0.25) is 0 Å². The first kappa shape index (κ1) is 33.8. The first-order valence-electron chi connectivity index (χ1n) is 14.9. The van der Waals surface area contributed by atoms with Crippen molar-refractivity contribution in [2.45, 2.75) is 46.1 Å². The highest BCUT2D eigenvalue weighted by atomic mass is 35.5. The normalized spacial score (nSPS) is 16.6. The van der Waals surface area contributed by atoms with Crippen LogP contribution in [0.5, 0.6) is 11.5 Å². The topological polar surface area (TPSA) is 155 Å². The number of benzene rings is 1. The number of hydrogen-bond donors (Lipinski definition) is 3. The summed E-state index contributed by atoms with van der Waals surface area (Å²) < 4.78 is 22.2. The molecule has 1 aromatic carbocycles. The number of rotatable bonds is 10. The number of methoxy groups -OCH3 is 1. The molecule has 14 heteroatoms. The van der Waals surface area contributed by atoms with Crippen LogP contribution in [0.15, 0.2) is 24.4 Å². The molecule has 45 heavy (non-hydrogen) atoms. The zero-order chi connectivity index (χ0) is 32.7. The molecule has 2 aromatic rings. The second-order valence-electron chi connectivity index (χ2n) is 11.7. The molecular formula is C31H41ClN6O7. The molecule has 2 aliphatic heterocycles. The minimum absolute atomic E-state index is 0.153. The number of likely N-dealkylation sites (tertiary alicyclic amines) is 1. The molecule has 1 saturated heterocycles. The van der Waals surface area contributed by atoms with Gasteiger partial charge in [0.05, 0.1) is 43.2 Å². The lowest BCUT2D eigenvalue weighted by molar-refractivity contribution is -0.150. The van der Waals surface area contributed by atoms with Crippen LogP contribution in [-0.4, -0.2) is 92.2 Å². The highest BCUT2D eigenvalue weighted by Gasteiger charge is 2.30. The zero-order valence-corrected chi connectivity index (χ0v) is 27.1. The lowest BCUT2D eigenvalue weighted by Crippen LogP contribution is -2.44. The summed E-state index contributed by atoms with van der Waals surface area (Å²) in [5.74, 6) is -0.147. The third-order valence-corrected chi connectivity index (χ3v) is 7.44. The van der Waals surface area contributed by atoms with E-state index in [9.17, 15) is 14.4 Å². The molecule has 13 nitrogen and oxygen atoms in total. The third-order valence-electron chi connectivity index (χ3n) is 7.23.